The lowest BCUT2D eigenvalue weighted by Gasteiger charge is -2.02. The normalized spacial score (nSPS) is 10.7. The molecule has 0 bridgehead atoms. The van der Waals surface area contributed by atoms with Crippen LogP contribution in [0.2, 0.25) is 0 Å². The maximum Gasteiger partial charge on any atom is 0.269 e. The average molecular weight is 281 g/mol. The van der Waals surface area contributed by atoms with Gasteiger partial charge in [0.15, 0.2) is 0 Å². The molecule has 0 aliphatic rings. The highest BCUT2D eigenvalue weighted by Crippen LogP contribution is 2.17. The van der Waals surface area contributed by atoms with Crippen LogP contribution in [0.4, 0.5) is 5.69 Å². The third-order valence-electron chi connectivity index (χ3n) is 3.24. The third kappa shape index (κ3) is 2.27. The summed E-state index contributed by atoms with van der Waals surface area (Å²) in [5.74, 6) is -0.221. The zero-order chi connectivity index (χ0) is 15.0. The number of nitro groups is 1. The highest BCUT2D eigenvalue weighted by molar-refractivity contribution is 6.08. The number of rotatable bonds is 3. The number of aromatic nitrogens is 2. The monoisotopic (exact) mass is 281 g/mol. The van der Waals surface area contributed by atoms with Crippen molar-refractivity contribution in [2.45, 2.75) is 6.92 Å². The van der Waals surface area contributed by atoms with E-state index in [1.807, 2.05) is 19.1 Å². The maximum atomic E-state index is 12.5. The van der Waals surface area contributed by atoms with E-state index >= 15 is 0 Å². The van der Waals surface area contributed by atoms with Gasteiger partial charge in [-0.1, -0.05) is 0 Å². The molecular formula is C15H11N3O3. The molecule has 6 nitrogen and oxygen atoms in total. The van der Waals surface area contributed by atoms with Crippen molar-refractivity contribution in [2.24, 2.45) is 0 Å². The zero-order valence-electron chi connectivity index (χ0n) is 11.2. The molecule has 0 saturated heterocycles. The number of non-ortho nitro benzene ring substituents is 1. The Morgan fingerprint density at radius 3 is 2.62 bits per heavy atom. The lowest BCUT2D eigenvalue weighted by molar-refractivity contribution is -0.384. The molecular weight excluding hydrogens is 270 g/mol. The average Bonchev–Trinajstić information content (AvgIpc) is 2.89. The maximum absolute atomic E-state index is 12.5. The smallest absolute Gasteiger partial charge is 0.269 e. The summed E-state index contributed by atoms with van der Waals surface area (Å²) < 4.78 is 1.71. The highest BCUT2D eigenvalue weighted by atomic mass is 16.6. The van der Waals surface area contributed by atoms with E-state index in [4.69, 9.17) is 0 Å². The summed E-state index contributed by atoms with van der Waals surface area (Å²) in [6.45, 7) is 1.95. The van der Waals surface area contributed by atoms with Crippen LogP contribution < -0.4 is 0 Å². The first kappa shape index (κ1) is 13.0. The molecule has 0 aliphatic carbocycles. The van der Waals surface area contributed by atoms with Crippen LogP contribution in [0.5, 0.6) is 0 Å². The molecule has 0 spiro atoms. The second-order valence-electron chi connectivity index (χ2n) is 4.71. The van der Waals surface area contributed by atoms with Gasteiger partial charge in [0.1, 0.15) is 11.3 Å². The Labute approximate surface area is 119 Å². The number of hydrogen-bond acceptors (Lipinski definition) is 4. The number of nitrogens with zero attached hydrogens (tertiary/aromatic N) is 3. The first-order chi connectivity index (χ1) is 10.1. The fourth-order valence-electron chi connectivity index (χ4n) is 2.13. The van der Waals surface area contributed by atoms with Crippen molar-refractivity contribution in [2.75, 3.05) is 0 Å². The van der Waals surface area contributed by atoms with E-state index in [1.165, 1.54) is 30.5 Å². The summed E-state index contributed by atoms with van der Waals surface area (Å²) in [5, 5.41) is 10.6. The summed E-state index contributed by atoms with van der Waals surface area (Å²) in [4.78, 5) is 26.8. The number of ketones is 1. The topological polar surface area (TPSA) is 77.5 Å². The minimum atomic E-state index is -0.495. The SMILES string of the molecule is Cc1ccn2c(C(=O)c3ccc([N+](=O)[O-])cc3)cnc2c1. The molecule has 2 heterocycles. The number of pyridine rings is 1. The molecule has 3 aromatic rings. The first-order valence-electron chi connectivity index (χ1n) is 6.29. The molecule has 0 amide bonds. The van der Waals surface area contributed by atoms with Crippen LogP contribution in [0.15, 0.2) is 48.8 Å². The molecule has 21 heavy (non-hydrogen) atoms. The van der Waals surface area contributed by atoms with Gasteiger partial charge in [0, 0.05) is 23.9 Å². The molecule has 1 aromatic carbocycles. The summed E-state index contributed by atoms with van der Waals surface area (Å²) >= 11 is 0. The van der Waals surface area contributed by atoms with E-state index in [-0.39, 0.29) is 11.5 Å². The first-order valence-corrected chi connectivity index (χ1v) is 6.29. The second-order valence-corrected chi connectivity index (χ2v) is 4.71. The lowest BCUT2D eigenvalue weighted by Crippen LogP contribution is -2.05. The molecule has 0 saturated carbocycles. The van der Waals surface area contributed by atoms with Gasteiger partial charge in [-0.2, -0.15) is 0 Å². The van der Waals surface area contributed by atoms with Crippen LogP contribution >= 0.6 is 0 Å². The number of hydrogen-bond donors (Lipinski definition) is 0. The van der Waals surface area contributed by atoms with Crippen molar-refractivity contribution in [1.29, 1.82) is 0 Å². The van der Waals surface area contributed by atoms with Gasteiger partial charge in [-0.05, 0) is 36.8 Å². The van der Waals surface area contributed by atoms with Crippen molar-refractivity contribution in [1.82, 2.24) is 9.38 Å². The number of aryl methyl sites for hydroxylation is 1. The molecule has 104 valence electrons. The molecule has 0 radical (unpaired) electrons. The summed E-state index contributed by atoms with van der Waals surface area (Å²) in [6, 6.07) is 9.32. The second kappa shape index (κ2) is 4.82. The Kier molecular flexibility index (Phi) is 2.98. The largest absolute Gasteiger partial charge is 0.297 e. The number of fused-ring (bicyclic) bond motifs is 1. The zero-order valence-corrected chi connectivity index (χ0v) is 11.2. The van der Waals surface area contributed by atoms with Gasteiger partial charge in [0.2, 0.25) is 5.78 Å². The van der Waals surface area contributed by atoms with Crippen LogP contribution in [-0.2, 0) is 0 Å². The van der Waals surface area contributed by atoms with Crippen LogP contribution in [0.25, 0.3) is 5.65 Å². The quantitative estimate of drug-likeness (QED) is 0.420. The van der Waals surface area contributed by atoms with Gasteiger partial charge in [-0.15, -0.1) is 0 Å². The van der Waals surface area contributed by atoms with E-state index < -0.39 is 4.92 Å². The van der Waals surface area contributed by atoms with E-state index in [0.717, 1.165) is 5.56 Å². The Balaban J connectivity index is 2.02. The van der Waals surface area contributed by atoms with E-state index in [1.54, 1.807) is 10.6 Å². The molecule has 0 atom stereocenters. The van der Waals surface area contributed by atoms with Crippen LogP contribution in [-0.4, -0.2) is 20.1 Å². The summed E-state index contributed by atoms with van der Waals surface area (Å²) in [5.41, 5.74) is 2.53. The molecule has 0 unspecified atom stereocenters. The Morgan fingerprint density at radius 1 is 1.24 bits per heavy atom. The summed E-state index contributed by atoms with van der Waals surface area (Å²) in [6.07, 6.45) is 3.30. The number of nitro benzene ring substituents is 1. The standard InChI is InChI=1S/C15H11N3O3/c1-10-6-7-17-13(9-16-14(17)8-10)15(19)11-2-4-12(5-3-11)18(20)21/h2-9H,1H3. The van der Waals surface area contributed by atoms with Crippen LogP contribution in [0.3, 0.4) is 0 Å². The van der Waals surface area contributed by atoms with Crippen molar-refractivity contribution in [3.63, 3.8) is 0 Å². The van der Waals surface area contributed by atoms with Crippen LogP contribution in [0, 0.1) is 17.0 Å². The van der Waals surface area contributed by atoms with Gasteiger partial charge in [0.25, 0.3) is 5.69 Å². The molecule has 6 heteroatoms. The van der Waals surface area contributed by atoms with Crippen molar-refractivity contribution in [3.8, 4) is 0 Å². The Bertz CT molecular complexity index is 850. The molecule has 2 aromatic heterocycles. The number of carbonyl (C=O) groups is 1. The Morgan fingerprint density at radius 2 is 1.95 bits per heavy atom. The van der Waals surface area contributed by atoms with Gasteiger partial charge < -0.3 is 0 Å². The molecule has 3 rings (SSSR count). The van der Waals surface area contributed by atoms with Gasteiger partial charge in [-0.25, -0.2) is 4.98 Å². The predicted octanol–water partition coefficient (Wildman–Crippen LogP) is 2.78. The van der Waals surface area contributed by atoms with E-state index in [0.29, 0.717) is 16.9 Å². The number of benzene rings is 1. The third-order valence-corrected chi connectivity index (χ3v) is 3.24. The molecule has 0 fully saturated rings. The number of carbonyl (C=O) groups excluding carboxylic acids is 1. The van der Waals surface area contributed by atoms with Gasteiger partial charge in [0.05, 0.1) is 11.1 Å². The van der Waals surface area contributed by atoms with Crippen molar-refractivity contribution in [3.05, 3.63) is 75.7 Å². The van der Waals surface area contributed by atoms with Crippen molar-refractivity contribution >= 4 is 17.1 Å². The minimum absolute atomic E-state index is 0.0414. The predicted molar refractivity (Wildman–Crippen MR) is 76.5 cm³/mol. The molecule has 0 aliphatic heterocycles. The van der Waals surface area contributed by atoms with Gasteiger partial charge >= 0.3 is 0 Å². The van der Waals surface area contributed by atoms with Gasteiger partial charge in [-0.3, -0.25) is 19.3 Å². The minimum Gasteiger partial charge on any atom is -0.297 e. The van der Waals surface area contributed by atoms with Crippen molar-refractivity contribution < 1.29 is 9.72 Å². The van der Waals surface area contributed by atoms with E-state index in [9.17, 15) is 14.9 Å². The fourth-order valence-corrected chi connectivity index (χ4v) is 2.13. The van der Waals surface area contributed by atoms with Crippen LogP contribution in [0.1, 0.15) is 21.6 Å². The lowest BCUT2D eigenvalue weighted by atomic mass is 10.1. The Hall–Kier alpha value is -3.02. The highest BCUT2D eigenvalue weighted by Gasteiger charge is 2.15. The van der Waals surface area contributed by atoms with E-state index in [2.05, 4.69) is 4.98 Å². The number of imidazole rings is 1. The molecule has 0 N–H and O–H groups in total. The fraction of sp³-hybridized carbons (Fsp3) is 0.0667. The summed E-state index contributed by atoms with van der Waals surface area (Å²) in [7, 11) is 0.